The maximum atomic E-state index is 11.3. The van der Waals surface area contributed by atoms with Crippen LogP contribution in [0.3, 0.4) is 0 Å². The van der Waals surface area contributed by atoms with Crippen molar-refractivity contribution < 1.29 is 4.79 Å². The Hall–Kier alpha value is -1.58. The van der Waals surface area contributed by atoms with Crippen molar-refractivity contribution in [3.63, 3.8) is 0 Å². The number of carbonyl (C=O) groups excluding carboxylic acids is 1. The Kier molecular flexibility index (Phi) is 2.84. The van der Waals surface area contributed by atoms with Crippen molar-refractivity contribution in [1.29, 1.82) is 0 Å². The normalized spacial score (nSPS) is 9.69. The molecule has 0 aliphatic rings. The number of aromatic amines is 1. The van der Waals surface area contributed by atoms with Gasteiger partial charge in [-0.3, -0.25) is 9.59 Å². The zero-order chi connectivity index (χ0) is 9.84. The number of rotatable bonds is 2. The molecule has 0 spiro atoms. The highest BCUT2D eigenvalue weighted by molar-refractivity contribution is 5.95. The van der Waals surface area contributed by atoms with E-state index in [1.807, 2.05) is 6.92 Å². The molecule has 0 aliphatic carbocycles. The summed E-state index contributed by atoms with van der Waals surface area (Å²) in [5.74, 6) is -0.156. The lowest BCUT2D eigenvalue weighted by Crippen LogP contribution is -2.24. The molecule has 4 heteroatoms. The molecule has 70 valence electrons. The summed E-state index contributed by atoms with van der Waals surface area (Å²) >= 11 is 0. The van der Waals surface area contributed by atoms with Crippen molar-refractivity contribution in [3.8, 4) is 0 Å². The van der Waals surface area contributed by atoms with Crippen LogP contribution in [0.1, 0.15) is 22.8 Å². The topological polar surface area (TPSA) is 62.0 Å². The molecule has 1 heterocycles. The van der Waals surface area contributed by atoms with Gasteiger partial charge in [0.05, 0.1) is 5.56 Å². The Morgan fingerprint density at radius 3 is 2.85 bits per heavy atom. The van der Waals surface area contributed by atoms with Gasteiger partial charge in [-0.15, -0.1) is 0 Å². The average Bonchev–Trinajstić information content (AvgIpc) is 2.04. The van der Waals surface area contributed by atoms with Crippen LogP contribution in [-0.2, 0) is 0 Å². The number of hydrogen-bond donors (Lipinski definition) is 2. The highest BCUT2D eigenvalue weighted by atomic mass is 16.1. The fourth-order valence-electron chi connectivity index (χ4n) is 1.07. The molecular formula is C9H12N2O2. The first-order valence-electron chi connectivity index (χ1n) is 4.12. The maximum absolute atomic E-state index is 11.3. The van der Waals surface area contributed by atoms with E-state index in [9.17, 15) is 9.59 Å². The van der Waals surface area contributed by atoms with Gasteiger partial charge in [0.15, 0.2) is 0 Å². The first-order chi connectivity index (χ1) is 6.15. The van der Waals surface area contributed by atoms with E-state index in [1.54, 1.807) is 6.92 Å². The van der Waals surface area contributed by atoms with Crippen LogP contribution in [-0.4, -0.2) is 17.4 Å². The van der Waals surface area contributed by atoms with E-state index in [4.69, 9.17) is 0 Å². The monoisotopic (exact) mass is 180 g/mol. The molecule has 1 amide bonds. The summed E-state index contributed by atoms with van der Waals surface area (Å²) in [6.45, 7) is 4.16. The van der Waals surface area contributed by atoms with Crippen molar-refractivity contribution in [2.75, 3.05) is 6.54 Å². The molecule has 0 aromatic carbocycles. The van der Waals surface area contributed by atoms with Crippen LogP contribution in [0.15, 0.2) is 17.1 Å². The lowest BCUT2D eigenvalue weighted by Gasteiger charge is -2.03. The second kappa shape index (κ2) is 3.89. The van der Waals surface area contributed by atoms with Crippen LogP contribution in [0.25, 0.3) is 0 Å². The summed E-state index contributed by atoms with van der Waals surface area (Å²) in [6, 6.07) is 1.41. The summed E-state index contributed by atoms with van der Waals surface area (Å²) in [7, 11) is 0. The molecule has 2 N–H and O–H groups in total. The fourth-order valence-corrected chi connectivity index (χ4v) is 1.07. The van der Waals surface area contributed by atoms with Crippen LogP contribution in [0.5, 0.6) is 0 Å². The molecule has 4 nitrogen and oxygen atoms in total. The summed E-state index contributed by atoms with van der Waals surface area (Å²) in [6.07, 6.45) is 1.43. The Morgan fingerprint density at radius 2 is 2.31 bits per heavy atom. The maximum Gasteiger partial charge on any atom is 0.253 e. The number of pyridine rings is 1. The summed E-state index contributed by atoms with van der Waals surface area (Å²) in [5, 5.41) is 2.66. The molecular weight excluding hydrogens is 168 g/mol. The SMILES string of the molecule is CCNC(=O)c1c[nH]c(=O)cc1C. The Labute approximate surface area is 76.0 Å². The molecule has 1 aromatic heterocycles. The highest BCUT2D eigenvalue weighted by Crippen LogP contribution is 2.01. The van der Waals surface area contributed by atoms with Gasteiger partial charge in [-0.25, -0.2) is 0 Å². The molecule has 0 saturated heterocycles. The molecule has 0 radical (unpaired) electrons. The smallest absolute Gasteiger partial charge is 0.253 e. The van der Waals surface area contributed by atoms with E-state index in [1.165, 1.54) is 12.3 Å². The van der Waals surface area contributed by atoms with Crippen LogP contribution in [0.4, 0.5) is 0 Å². The Bertz CT molecular complexity index is 368. The minimum Gasteiger partial charge on any atom is -0.352 e. The lowest BCUT2D eigenvalue weighted by molar-refractivity contribution is 0.0955. The lowest BCUT2D eigenvalue weighted by atomic mass is 10.1. The fraction of sp³-hybridized carbons (Fsp3) is 0.333. The number of aryl methyl sites for hydroxylation is 1. The molecule has 0 fully saturated rings. The molecule has 0 aliphatic heterocycles. The number of amides is 1. The number of hydrogen-bond acceptors (Lipinski definition) is 2. The Balaban J connectivity index is 3.02. The van der Waals surface area contributed by atoms with Gasteiger partial charge < -0.3 is 10.3 Å². The third-order valence-electron chi connectivity index (χ3n) is 1.71. The zero-order valence-corrected chi connectivity index (χ0v) is 7.68. The highest BCUT2D eigenvalue weighted by Gasteiger charge is 2.07. The molecule has 1 rings (SSSR count). The van der Waals surface area contributed by atoms with Gasteiger partial charge >= 0.3 is 0 Å². The van der Waals surface area contributed by atoms with Crippen LogP contribution in [0.2, 0.25) is 0 Å². The first kappa shape index (κ1) is 9.51. The third kappa shape index (κ3) is 2.18. The van der Waals surface area contributed by atoms with E-state index in [-0.39, 0.29) is 11.5 Å². The van der Waals surface area contributed by atoms with Crippen molar-refractivity contribution in [3.05, 3.63) is 33.7 Å². The number of H-pyrrole nitrogens is 1. The van der Waals surface area contributed by atoms with E-state index in [0.717, 1.165) is 0 Å². The summed E-state index contributed by atoms with van der Waals surface area (Å²) in [5.41, 5.74) is 1.02. The molecule has 0 saturated carbocycles. The van der Waals surface area contributed by atoms with E-state index in [2.05, 4.69) is 10.3 Å². The van der Waals surface area contributed by atoms with Gasteiger partial charge in [-0.2, -0.15) is 0 Å². The van der Waals surface area contributed by atoms with Crippen molar-refractivity contribution in [2.45, 2.75) is 13.8 Å². The van der Waals surface area contributed by atoms with Crippen molar-refractivity contribution in [1.82, 2.24) is 10.3 Å². The standard InChI is InChI=1S/C9H12N2O2/c1-3-10-9(13)7-5-11-8(12)4-6(7)2/h4-5H,3H2,1-2H3,(H,10,13)(H,11,12). The number of aromatic nitrogens is 1. The number of nitrogens with one attached hydrogen (secondary N) is 2. The molecule has 13 heavy (non-hydrogen) atoms. The van der Waals surface area contributed by atoms with Gasteiger partial charge in [0.2, 0.25) is 5.56 Å². The van der Waals surface area contributed by atoms with Gasteiger partial charge in [-0.05, 0) is 19.4 Å². The first-order valence-corrected chi connectivity index (χ1v) is 4.12. The number of carbonyl (C=O) groups is 1. The van der Waals surface area contributed by atoms with Gasteiger partial charge in [0, 0.05) is 18.8 Å². The van der Waals surface area contributed by atoms with Gasteiger partial charge in [0.25, 0.3) is 5.91 Å². The van der Waals surface area contributed by atoms with E-state index < -0.39 is 0 Å². The minimum absolute atomic E-state index is 0.156. The third-order valence-corrected chi connectivity index (χ3v) is 1.71. The second-order valence-electron chi connectivity index (χ2n) is 2.75. The molecule has 0 atom stereocenters. The minimum atomic E-state index is -0.189. The van der Waals surface area contributed by atoms with Crippen LogP contribution in [0, 0.1) is 6.92 Å². The van der Waals surface area contributed by atoms with Crippen molar-refractivity contribution >= 4 is 5.91 Å². The van der Waals surface area contributed by atoms with Crippen LogP contribution >= 0.6 is 0 Å². The zero-order valence-electron chi connectivity index (χ0n) is 7.68. The van der Waals surface area contributed by atoms with Gasteiger partial charge in [0.1, 0.15) is 0 Å². The predicted molar refractivity (Wildman–Crippen MR) is 49.8 cm³/mol. The predicted octanol–water partition coefficient (Wildman–Crippen LogP) is 0.433. The molecule has 1 aromatic rings. The summed E-state index contributed by atoms with van der Waals surface area (Å²) in [4.78, 5) is 24.6. The molecule has 0 bridgehead atoms. The summed E-state index contributed by atoms with van der Waals surface area (Å²) < 4.78 is 0. The second-order valence-corrected chi connectivity index (χ2v) is 2.75. The largest absolute Gasteiger partial charge is 0.352 e. The van der Waals surface area contributed by atoms with E-state index >= 15 is 0 Å². The van der Waals surface area contributed by atoms with Crippen molar-refractivity contribution in [2.24, 2.45) is 0 Å². The van der Waals surface area contributed by atoms with Crippen LogP contribution < -0.4 is 10.9 Å². The van der Waals surface area contributed by atoms with E-state index in [0.29, 0.717) is 17.7 Å². The quantitative estimate of drug-likeness (QED) is 0.693. The Morgan fingerprint density at radius 1 is 1.62 bits per heavy atom. The molecule has 0 unspecified atom stereocenters. The van der Waals surface area contributed by atoms with Gasteiger partial charge in [-0.1, -0.05) is 0 Å². The average molecular weight is 180 g/mol.